The first-order valence-electron chi connectivity index (χ1n) is 7.89. The Morgan fingerprint density at radius 2 is 1.24 bits per heavy atom. The Bertz CT molecular complexity index is 1190. The molecule has 3 aromatic rings. The molecule has 29 heavy (non-hydrogen) atoms. The summed E-state index contributed by atoms with van der Waals surface area (Å²) in [6.45, 7) is 0. The summed E-state index contributed by atoms with van der Waals surface area (Å²) < 4.78 is 34.1. The third kappa shape index (κ3) is 3.65. The fraction of sp³-hybridized carbons (Fsp3) is 0.0526. The number of halogens is 4. The molecule has 0 heterocycles. The predicted molar refractivity (Wildman–Crippen MR) is 114 cm³/mol. The molecule has 1 atom stereocenters. The molecule has 1 unspecified atom stereocenters. The standard InChI is InChI=1S/C19H12Cl4O5S/c20-14-4-2-1-3-12(14)19(29(26,27)28,13-7-10(24)5-6-15(13)21)18-16(22)8-11(25)9-17(18)23/h1-9,24-25H,(H,26,27,28). The van der Waals surface area contributed by atoms with Crippen molar-refractivity contribution in [3.05, 3.63) is 91.4 Å². The van der Waals surface area contributed by atoms with Crippen LogP contribution in [0.5, 0.6) is 11.5 Å². The van der Waals surface area contributed by atoms with Gasteiger partial charge in [0.2, 0.25) is 0 Å². The minimum Gasteiger partial charge on any atom is -0.508 e. The first-order valence-corrected chi connectivity index (χ1v) is 10.8. The molecule has 10 heteroatoms. The summed E-state index contributed by atoms with van der Waals surface area (Å²) in [5.41, 5.74) is -0.628. The van der Waals surface area contributed by atoms with Crippen molar-refractivity contribution in [3.8, 4) is 11.5 Å². The fourth-order valence-corrected chi connectivity index (χ4v) is 6.15. The number of phenolic OH excluding ortho intramolecular Hbond substituents is 2. The van der Waals surface area contributed by atoms with Crippen LogP contribution in [0.4, 0.5) is 0 Å². The Labute approximate surface area is 186 Å². The predicted octanol–water partition coefficient (Wildman–Crippen LogP) is 5.89. The number of phenols is 2. The van der Waals surface area contributed by atoms with E-state index in [1.807, 2.05) is 0 Å². The molecule has 5 nitrogen and oxygen atoms in total. The molecule has 0 aliphatic rings. The monoisotopic (exact) mass is 492 g/mol. The van der Waals surface area contributed by atoms with E-state index in [4.69, 9.17) is 46.4 Å². The average molecular weight is 494 g/mol. The summed E-state index contributed by atoms with van der Waals surface area (Å²) in [4.78, 5) is 0. The lowest BCUT2D eigenvalue weighted by molar-refractivity contribution is 0.455. The average Bonchev–Trinajstić information content (AvgIpc) is 2.60. The summed E-state index contributed by atoms with van der Waals surface area (Å²) in [7, 11) is -5.14. The van der Waals surface area contributed by atoms with Crippen LogP contribution in [0, 0.1) is 0 Å². The molecule has 0 aromatic heterocycles. The highest BCUT2D eigenvalue weighted by Gasteiger charge is 2.53. The van der Waals surface area contributed by atoms with Crippen molar-refractivity contribution in [2.75, 3.05) is 0 Å². The van der Waals surface area contributed by atoms with E-state index >= 15 is 0 Å². The van der Waals surface area contributed by atoms with Crippen LogP contribution in [-0.4, -0.2) is 23.2 Å². The van der Waals surface area contributed by atoms with Crippen molar-refractivity contribution in [2.45, 2.75) is 4.75 Å². The van der Waals surface area contributed by atoms with E-state index in [0.29, 0.717) is 0 Å². The van der Waals surface area contributed by atoms with Crippen molar-refractivity contribution in [2.24, 2.45) is 0 Å². The Hall–Kier alpha value is -1.67. The Morgan fingerprint density at radius 1 is 0.690 bits per heavy atom. The van der Waals surface area contributed by atoms with Gasteiger partial charge in [-0.3, -0.25) is 4.55 Å². The van der Waals surface area contributed by atoms with Gasteiger partial charge in [-0.15, -0.1) is 0 Å². The van der Waals surface area contributed by atoms with Gasteiger partial charge in [0.1, 0.15) is 11.5 Å². The Morgan fingerprint density at radius 3 is 1.79 bits per heavy atom. The molecule has 3 N–H and O–H groups in total. The summed E-state index contributed by atoms with van der Waals surface area (Å²) in [6, 6.07) is 11.5. The van der Waals surface area contributed by atoms with Crippen LogP contribution in [0.3, 0.4) is 0 Å². The molecule has 0 saturated heterocycles. The molecule has 0 amide bonds. The molecule has 0 radical (unpaired) electrons. The number of hydrogen-bond donors (Lipinski definition) is 3. The summed E-state index contributed by atoms with van der Waals surface area (Å²) in [5, 5.41) is 19.2. The van der Waals surface area contributed by atoms with E-state index in [-0.39, 0.29) is 48.3 Å². The van der Waals surface area contributed by atoms with E-state index in [1.165, 1.54) is 30.3 Å². The van der Waals surface area contributed by atoms with Gasteiger partial charge in [-0.2, -0.15) is 8.42 Å². The third-order valence-corrected chi connectivity index (χ3v) is 7.02. The second-order valence-corrected chi connectivity index (χ2v) is 9.28. The molecule has 0 fully saturated rings. The van der Waals surface area contributed by atoms with Crippen LogP contribution < -0.4 is 0 Å². The van der Waals surface area contributed by atoms with Crippen LogP contribution in [0.1, 0.15) is 16.7 Å². The van der Waals surface area contributed by atoms with Gasteiger partial charge in [0.05, 0.1) is 10.0 Å². The second kappa shape index (κ2) is 7.87. The second-order valence-electron chi connectivity index (χ2n) is 6.08. The quantitative estimate of drug-likeness (QED) is 0.311. The maximum Gasteiger partial charge on any atom is 0.283 e. The fourth-order valence-electron chi connectivity index (χ4n) is 3.25. The molecule has 0 aliphatic heterocycles. The number of hydrogen-bond acceptors (Lipinski definition) is 4. The van der Waals surface area contributed by atoms with Gasteiger partial charge in [-0.25, -0.2) is 0 Å². The van der Waals surface area contributed by atoms with Crippen molar-refractivity contribution >= 4 is 56.5 Å². The molecule has 3 rings (SSSR count). The van der Waals surface area contributed by atoms with Crippen LogP contribution >= 0.6 is 46.4 Å². The SMILES string of the molecule is O=S(=O)(O)C(c1ccccc1Cl)(c1cc(O)ccc1Cl)c1c(Cl)cc(O)cc1Cl. The number of aromatic hydroxyl groups is 2. The summed E-state index contributed by atoms with van der Waals surface area (Å²) in [6.07, 6.45) is 0. The van der Waals surface area contributed by atoms with E-state index in [2.05, 4.69) is 0 Å². The Kier molecular flexibility index (Phi) is 5.98. The van der Waals surface area contributed by atoms with E-state index in [9.17, 15) is 23.2 Å². The molecule has 3 aromatic carbocycles. The van der Waals surface area contributed by atoms with Crippen molar-refractivity contribution in [1.29, 1.82) is 0 Å². The van der Waals surface area contributed by atoms with Crippen molar-refractivity contribution in [3.63, 3.8) is 0 Å². The highest BCUT2D eigenvalue weighted by Crippen LogP contribution is 2.53. The van der Waals surface area contributed by atoms with Crippen LogP contribution in [0.15, 0.2) is 54.6 Å². The lowest BCUT2D eigenvalue weighted by atomic mass is 9.83. The van der Waals surface area contributed by atoms with E-state index < -0.39 is 14.9 Å². The van der Waals surface area contributed by atoms with Crippen LogP contribution in [0.2, 0.25) is 20.1 Å². The molecular weight excluding hydrogens is 482 g/mol. The molecule has 152 valence electrons. The normalized spacial score (nSPS) is 13.8. The van der Waals surface area contributed by atoms with Gasteiger partial charge in [-0.1, -0.05) is 64.6 Å². The minimum atomic E-state index is -5.14. The number of benzene rings is 3. The maximum absolute atomic E-state index is 13.0. The zero-order valence-electron chi connectivity index (χ0n) is 14.3. The highest BCUT2D eigenvalue weighted by atomic mass is 35.5. The van der Waals surface area contributed by atoms with Crippen LogP contribution in [0.25, 0.3) is 0 Å². The van der Waals surface area contributed by atoms with Gasteiger partial charge in [0.15, 0.2) is 4.75 Å². The van der Waals surface area contributed by atoms with Gasteiger partial charge < -0.3 is 10.2 Å². The first-order chi connectivity index (χ1) is 13.5. The maximum atomic E-state index is 13.0. The minimum absolute atomic E-state index is 0.0373. The summed E-state index contributed by atoms with van der Waals surface area (Å²) >= 11 is 25.2. The van der Waals surface area contributed by atoms with E-state index in [0.717, 1.165) is 18.2 Å². The zero-order chi connectivity index (χ0) is 21.6. The van der Waals surface area contributed by atoms with Crippen LogP contribution in [-0.2, 0) is 14.9 Å². The largest absolute Gasteiger partial charge is 0.508 e. The molecule has 0 bridgehead atoms. The van der Waals surface area contributed by atoms with Crippen molar-refractivity contribution < 1.29 is 23.2 Å². The van der Waals surface area contributed by atoms with Gasteiger partial charge in [0, 0.05) is 26.7 Å². The lowest BCUT2D eigenvalue weighted by Gasteiger charge is -2.35. The topological polar surface area (TPSA) is 94.8 Å². The zero-order valence-corrected chi connectivity index (χ0v) is 18.1. The smallest absolute Gasteiger partial charge is 0.283 e. The van der Waals surface area contributed by atoms with Gasteiger partial charge in [0.25, 0.3) is 10.1 Å². The van der Waals surface area contributed by atoms with E-state index in [1.54, 1.807) is 6.07 Å². The van der Waals surface area contributed by atoms with Crippen molar-refractivity contribution in [1.82, 2.24) is 0 Å². The van der Waals surface area contributed by atoms with Gasteiger partial charge >= 0.3 is 0 Å². The first kappa shape index (κ1) is 22.0. The third-order valence-electron chi connectivity index (χ3n) is 4.35. The summed E-state index contributed by atoms with van der Waals surface area (Å²) in [5.74, 6) is -0.648. The Balaban J connectivity index is 2.68. The number of rotatable bonds is 4. The molecular formula is C19H12Cl4O5S. The lowest BCUT2D eigenvalue weighted by Crippen LogP contribution is -2.39. The molecule has 0 saturated carbocycles. The highest BCUT2D eigenvalue weighted by molar-refractivity contribution is 7.87. The molecule has 0 spiro atoms. The van der Waals surface area contributed by atoms with Gasteiger partial charge in [-0.05, 0) is 36.4 Å². The molecule has 0 aliphatic carbocycles.